The van der Waals surface area contributed by atoms with Gasteiger partial charge >= 0.3 is 0 Å². The summed E-state index contributed by atoms with van der Waals surface area (Å²) in [6, 6.07) is 16.1. The molecule has 6 heterocycles. The standard InChI is InChI=1S/C29H27N9O2/c1-4-27(39)37-14-19-12-20(15-37)38(19)26-10-7-22-28(33-26)29(31-16-30-22)32-18-5-9-25(17(2)11-18)40-21-6-8-24-23(13-21)34-35-36(24)3/h4-11,13,16,19-20H,1,12,14-15H2,2-3H3,(H,30,31,32). The van der Waals surface area contributed by atoms with E-state index in [2.05, 4.69) is 37.1 Å². The fourth-order valence-electron chi connectivity index (χ4n) is 5.65. The van der Waals surface area contributed by atoms with Gasteiger partial charge in [0.05, 0.1) is 23.1 Å². The third-order valence-corrected chi connectivity index (χ3v) is 7.66. The summed E-state index contributed by atoms with van der Waals surface area (Å²) in [4.78, 5) is 30.1. The average Bonchev–Trinajstić information content (AvgIpc) is 3.34. The highest BCUT2D eigenvalue weighted by Gasteiger charge is 2.46. The van der Waals surface area contributed by atoms with Crippen LogP contribution in [0.4, 0.5) is 17.3 Å². The number of nitrogens with zero attached hydrogens (tertiary/aromatic N) is 8. The number of hydrogen-bond donors (Lipinski definition) is 1. The lowest BCUT2D eigenvalue weighted by atomic mass is 9.87. The summed E-state index contributed by atoms with van der Waals surface area (Å²) >= 11 is 0. The van der Waals surface area contributed by atoms with E-state index in [1.165, 1.54) is 12.4 Å². The van der Waals surface area contributed by atoms with Gasteiger partial charge in [-0.3, -0.25) is 4.79 Å². The minimum atomic E-state index is -0.0148. The molecule has 5 aromatic rings. The molecule has 1 N–H and O–H groups in total. The molecule has 0 radical (unpaired) electrons. The second-order valence-electron chi connectivity index (χ2n) is 10.2. The van der Waals surface area contributed by atoms with Gasteiger partial charge in [-0.15, -0.1) is 5.10 Å². The van der Waals surface area contributed by atoms with Crippen molar-refractivity contribution in [3.8, 4) is 11.5 Å². The highest BCUT2D eigenvalue weighted by Crippen LogP contribution is 2.37. The largest absolute Gasteiger partial charge is 0.457 e. The predicted octanol–water partition coefficient (Wildman–Crippen LogP) is 4.13. The van der Waals surface area contributed by atoms with Gasteiger partial charge < -0.3 is 19.9 Å². The first-order valence-corrected chi connectivity index (χ1v) is 13.1. The van der Waals surface area contributed by atoms with Crippen molar-refractivity contribution in [1.82, 2.24) is 34.8 Å². The number of aryl methyl sites for hydroxylation is 2. The molecule has 11 heteroatoms. The normalized spacial score (nSPS) is 18.1. The Morgan fingerprint density at radius 1 is 1.07 bits per heavy atom. The van der Waals surface area contributed by atoms with Crippen molar-refractivity contribution in [3.63, 3.8) is 0 Å². The zero-order chi connectivity index (χ0) is 27.4. The lowest BCUT2D eigenvalue weighted by molar-refractivity contribution is -0.128. The van der Waals surface area contributed by atoms with Gasteiger partial charge in [-0.1, -0.05) is 11.8 Å². The van der Waals surface area contributed by atoms with Crippen LogP contribution in [0.1, 0.15) is 12.0 Å². The first kappa shape index (κ1) is 24.0. The number of rotatable bonds is 6. The molecule has 40 heavy (non-hydrogen) atoms. The van der Waals surface area contributed by atoms with Crippen LogP contribution in [0.2, 0.25) is 0 Å². The molecule has 3 aliphatic heterocycles. The van der Waals surface area contributed by atoms with Crippen molar-refractivity contribution in [2.24, 2.45) is 7.05 Å². The van der Waals surface area contributed by atoms with E-state index in [1.807, 2.05) is 67.4 Å². The number of aromatic nitrogens is 6. The van der Waals surface area contributed by atoms with Crippen molar-refractivity contribution >= 4 is 45.3 Å². The first-order valence-electron chi connectivity index (χ1n) is 13.1. The molecule has 3 aliphatic rings. The van der Waals surface area contributed by atoms with Crippen LogP contribution in [0.3, 0.4) is 0 Å². The number of pyridine rings is 1. The van der Waals surface area contributed by atoms with Gasteiger partial charge in [-0.05, 0) is 67.4 Å². The molecule has 3 saturated heterocycles. The molecule has 11 nitrogen and oxygen atoms in total. The van der Waals surface area contributed by atoms with E-state index in [-0.39, 0.29) is 18.0 Å². The number of anilines is 3. The Labute approximate surface area is 230 Å². The number of ether oxygens (including phenoxy) is 1. The molecule has 1 amide bonds. The SMILES string of the molecule is C=CC(=O)N1CC2CC(C1)N2c1ccc2ncnc(Nc3ccc(Oc4ccc5c(c4)nnn5C)c(C)c3)c2n1. The summed E-state index contributed by atoms with van der Waals surface area (Å²) < 4.78 is 7.88. The number of carbonyl (C=O) groups is 1. The molecule has 0 aliphatic carbocycles. The average molecular weight is 534 g/mol. The number of benzene rings is 2. The van der Waals surface area contributed by atoms with Crippen LogP contribution in [-0.2, 0) is 11.8 Å². The number of piperazine rings is 1. The molecular weight excluding hydrogens is 506 g/mol. The van der Waals surface area contributed by atoms with Crippen molar-refractivity contribution in [2.45, 2.75) is 25.4 Å². The Balaban J connectivity index is 1.11. The second-order valence-corrected chi connectivity index (χ2v) is 10.2. The van der Waals surface area contributed by atoms with E-state index in [0.717, 1.165) is 45.8 Å². The molecule has 2 aromatic carbocycles. The van der Waals surface area contributed by atoms with Crippen molar-refractivity contribution in [2.75, 3.05) is 23.3 Å². The van der Waals surface area contributed by atoms with Crippen LogP contribution in [0.5, 0.6) is 11.5 Å². The smallest absolute Gasteiger partial charge is 0.246 e. The van der Waals surface area contributed by atoms with Crippen LogP contribution in [0.25, 0.3) is 22.1 Å². The Morgan fingerprint density at radius 2 is 1.93 bits per heavy atom. The Hall–Kier alpha value is -5.06. The van der Waals surface area contributed by atoms with Gasteiger partial charge in [-0.25, -0.2) is 19.6 Å². The van der Waals surface area contributed by atoms with Gasteiger partial charge in [-0.2, -0.15) is 0 Å². The molecule has 3 fully saturated rings. The van der Waals surface area contributed by atoms with E-state index in [9.17, 15) is 4.79 Å². The number of hydrogen-bond acceptors (Lipinski definition) is 9. The maximum absolute atomic E-state index is 12.1. The Kier molecular flexibility index (Phi) is 5.58. The predicted molar refractivity (Wildman–Crippen MR) is 152 cm³/mol. The van der Waals surface area contributed by atoms with E-state index >= 15 is 0 Å². The number of carbonyl (C=O) groups excluding carboxylic acids is 1. The highest BCUT2D eigenvalue weighted by atomic mass is 16.5. The lowest BCUT2D eigenvalue weighted by Crippen LogP contribution is -2.69. The van der Waals surface area contributed by atoms with Crippen LogP contribution < -0.4 is 15.0 Å². The zero-order valence-corrected chi connectivity index (χ0v) is 22.2. The maximum atomic E-state index is 12.1. The fourth-order valence-corrected chi connectivity index (χ4v) is 5.65. The van der Waals surface area contributed by atoms with Gasteiger partial charge in [0.2, 0.25) is 5.91 Å². The van der Waals surface area contributed by atoms with Gasteiger partial charge in [0.15, 0.2) is 5.82 Å². The first-order chi connectivity index (χ1) is 19.5. The number of piperidine rings is 1. The summed E-state index contributed by atoms with van der Waals surface area (Å²) in [6.45, 7) is 6.98. The third-order valence-electron chi connectivity index (χ3n) is 7.66. The lowest BCUT2D eigenvalue weighted by Gasteiger charge is -2.56. The monoisotopic (exact) mass is 533 g/mol. The fraction of sp³-hybridized carbons (Fsp3) is 0.241. The Bertz CT molecular complexity index is 1790. The van der Waals surface area contributed by atoms with E-state index in [0.29, 0.717) is 30.2 Å². The Morgan fingerprint density at radius 3 is 2.73 bits per heavy atom. The number of fused-ring (bicyclic) bond motifs is 4. The van der Waals surface area contributed by atoms with Crippen LogP contribution in [0.15, 0.2) is 67.5 Å². The molecule has 200 valence electrons. The summed E-state index contributed by atoms with van der Waals surface area (Å²) in [5.74, 6) is 2.93. The molecule has 0 saturated carbocycles. The summed E-state index contributed by atoms with van der Waals surface area (Å²) in [6.07, 6.45) is 3.98. The minimum Gasteiger partial charge on any atom is -0.457 e. The van der Waals surface area contributed by atoms with Crippen LogP contribution in [0, 0.1) is 6.92 Å². The topological polar surface area (TPSA) is 114 Å². The molecule has 2 bridgehead atoms. The third kappa shape index (κ3) is 4.06. The molecular formula is C29H27N9O2. The van der Waals surface area contributed by atoms with Gasteiger partial charge in [0, 0.05) is 31.9 Å². The van der Waals surface area contributed by atoms with Crippen molar-refractivity contribution in [1.29, 1.82) is 0 Å². The summed E-state index contributed by atoms with van der Waals surface area (Å²) in [5.41, 5.74) is 5.00. The second kappa shape index (κ2) is 9.30. The van der Waals surface area contributed by atoms with Crippen LogP contribution >= 0.6 is 0 Å². The van der Waals surface area contributed by atoms with E-state index in [4.69, 9.17) is 9.72 Å². The zero-order valence-electron chi connectivity index (χ0n) is 22.2. The van der Waals surface area contributed by atoms with E-state index < -0.39 is 0 Å². The van der Waals surface area contributed by atoms with Crippen LogP contribution in [-0.4, -0.2) is 65.9 Å². The summed E-state index contributed by atoms with van der Waals surface area (Å²) in [7, 11) is 1.86. The van der Waals surface area contributed by atoms with Crippen molar-refractivity contribution in [3.05, 3.63) is 73.1 Å². The number of amides is 1. The highest BCUT2D eigenvalue weighted by molar-refractivity contribution is 5.89. The molecule has 2 unspecified atom stereocenters. The van der Waals surface area contributed by atoms with E-state index in [1.54, 1.807) is 4.68 Å². The maximum Gasteiger partial charge on any atom is 0.246 e. The van der Waals surface area contributed by atoms with Gasteiger partial charge in [0.25, 0.3) is 0 Å². The number of nitrogens with one attached hydrogen (secondary N) is 1. The quantitative estimate of drug-likeness (QED) is 0.322. The molecule has 8 rings (SSSR count). The molecule has 3 aromatic heterocycles. The minimum absolute atomic E-state index is 0.0148. The van der Waals surface area contributed by atoms with Gasteiger partial charge in [0.1, 0.15) is 34.7 Å². The molecule has 2 atom stereocenters. The summed E-state index contributed by atoms with van der Waals surface area (Å²) in [5, 5.41) is 11.6. The van der Waals surface area contributed by atoms with Crippen molar-refractivity contribution < 1.29 is 9.53 Å². The molecule has 0 spiro atoms.